The number of rotatable bonds is 8. The van der Waals surface area contributed by atoms with E-state index in [2.05, 4.69) is 37.5 Å². The molecule has 1 saturated heterocycles. The number of carbonyl (C=O) groups is 1. The number of aromatic nitrogens is 2. The number of piperidine rings is 1. The van der Waals surface area contributed by atoms with Crippen LogP contribution in [0.25, 0.3) is 5.70 Å². The van der Waals surface area contributed by atoms with Crippen LogP contribution in [0.15, 0.2) is 60.3 Å². The molecule has 0 aromatic carbocycles. The highest BCUT2D eigenvalue weighted by atomic mass is 35.5. The number of aliphatic imine (C=N–C) groups is 1. The molecule has 0 spiro atoms. The number of carbonyl (C=O) groups excluding carboxylic acids is 1. The van der Waals surface area contributed by atoms with Gasteiger partial charge in [-0.05, 0) is 37.1 Å². The van der Waals surface area contributed by atoms with Gasteiger partial charge in [-0.1, -0.05) is 24.2 Å². The summed E-state index contributed by atoms with van der Waals surface area (Å²) >= 11 is 6.24. The van der Waals surface area contributed by atoms with Crippen molar-refractivity contribution in [2.75, 3.05) is 18.4 Å². The second kappa shape index (κ2) is 11.2. The fourth-order valence-electron chi connectivity index (χ4n) is 3.07. The van der Waals surface area contributed by atoms with Crippen LogP contribution in [0.1, 0.15) is 24.0 Å². The van der Waals surface area contributed by atoms with Gasteiger partial charge in [-0.15, -0.1) is 0 Å². The quantitative estimate of drug-likeness (QED) is 0.470. The second-order valence-corrected chi connectivity index (χ2v) is 7.59. The lowest BCUT2D eigenvalue weighted by Crippen LogP contribution is -2.37. The minimum Gasteiger partial charge on any atom is -0.397 e. The standard InChI is InChI=1S/C22H26ClN7O/c1-15(28-11-16-4-2-6-25-10-16)9-27-14-20(24)18-8-21(29-13-19(18)23)30-22(31)17-5-3-7-26-12-17/h2,4,6,8-10,13-14,17,26,28H,1,3,5,7,11-12,24H2,(H,29,30,31)/b20-14-,27-9?/t17-/m1/s1. The number of allylic oxidation sites excluding steroid dienone is 1. The summed E-state index contributed by atoms with van der Waals surface area (Å²) in [5.41, 5.74) is 8.69. The van der Waals surface area contributed by atoms with Gasteiger partial charge in [0, 0.05) is 49.2 Å². The SMILES string of the molecule is C=C(C=N/C=C(\N)c1cc(NC(=O)[C@@H]2CCCNC2)ncc1Cl)NCc1cccnc1. The largest absolute Gasteiger partial charge is 0.397 e. The minimum atomic E-state index is -0.0719. The summed E-state index contributed by atoms with van der Waals surface area (Å²) in [4.78, 5) is 24.9. The summed E-state index contributed by atoms with van der Waals surface area (Å²) in [6.45, 7) is 6.11. The molecule has 0 saturated carbocycles. The Morgan fingerprint density at radius 1 is 1.45 bits per heavy atom. The summed E-state index contributed by atoms with van der Waals surface area (Å²) in [7, 11) is 0. The van der Waals surface area contributed by atoms with Crippen LogP contribution in [0.2, 0.25) is 5.02 Å². The van der Waals surface area contributed by atoms with Crippen LogP contribution in [0.5, 0.6) is 0 Å². The van der Waals surface area contributed by atoms with E-state index in [1.54, 1.807) is 24.7 Å². The normalized spacial score (nSPS) is 16.8. The molecule has 3 rings (SSSR count). The van der Waals surface area contributed by atoms with Crippen molar-refractivity contribution in [1.82, 2.24) is 20.6 Å². The van der Waals surface area contributed by atoms with Gasteiger partial charge in [-0.25, -0.2) is 4.98 Å². The zero-order valence-electron chi connectivity index (χ0n) is 17.1. The molecule has 9 heteroatoms. The highest BCUT2D eigenvalue weighted by molar-refractivity contribution is 6.32. The number of pyridine rings is 2. The molecular weight excluding hydrogens is 414 g/mol. The second-order valence-electron chi connectivity index (χ2n) is 7.18. The number of nitrogens with zero attached hydrogens (tertiary/aromatic N) is 3. The van der Waals surface area contributed by atoms with Crippen molar-refractivity contribution >= 4 is 35.2 Å². The molecule has 1 aliphatic heterocycles. The lowest BCUT2D eigenvalue weighted by Gasteiger charge is -2.21. The Hall–Kier alpha value is -3.23. The van der Waals surface area contributed by atoms with Crippen molar-refractivity contribution in [2.24, 2.45) is 16.6 Å². The summed E-state index contributed by atoms with van der Waals surface area (Å²) < 4.78 is 0. The van der Waals surface area contributed by atoms with Crippen molar-refractivity contribution in [1.29, 1.82) is 0 Å². The van der Waals surface area contributed by atoms with Crippen molar-refractivity contribution in [2.45, 2.75) is 19.4 Å². The molecule has 1 atom stereocenters. The third-order valence-corrected chi connectivity index (χ3v) is 5.07. The lowest BCUT2D eigenvalue weighted by molar-refractivity contribution is -0.120. The molecule has 0 radical (unpaired) electrons. The van der Waals surface area contributed by atoms with Gasteiger partial charge in [0.05, 0.1) is 22.8 Å². The highest BCUT2D eigenvalue weighted by Gasteiger charge is 2.21. The summed E-state index contributed by atoms with van der Waals surface area (Å²) in [5, 5.41) is 9.58. The average Bonchev–Trinajstić information content (AvgIpc) is 2.80. The van der Waals surface area contributed by atoms with E-state index in [9.17, 15) is 4.79 Å². The zero-order chi connectivity index (χ0) is 22.1. The van der Waals surface area contributed by atoms with Gasteiger partial charge in [-0.2, -0.15) is 0 Å². The van der Waals surface area contributed by atoms with E-state index in [0.29, 0.717) is 40.9 Å². The van der Waals surface area contributed by atoms with Crippen LogP contribution in [0, 0.1) is 5.92 Å². The van der Waals surface area contributed by atoms with E-state index in [1.807, 2.05) is 12.1 Å². The van der Waals surface area contributed by atoms with Gasteiger partial charge in [0.2, 0.25) is 5.91 Å². The molecule has 1 amide bonds. The molecule has 8 nitrogen and oxygen atoms in total. The van der Waals surface area contributed by atoms with Crippen molar-refractivity contribution in [3.8, 4) is 0 Å². The third kappa shape index (κ3) is 6.91. The number of hydrogen-bond donors (Lipinski definition) is 4. The van der Waals surface area contributed by atoms with E-state index in [-0.39, 0.29) is 11.8 Å². The molecule has 5 N–H and O–H groups in total. The average molecular weight is 440 g/mol. The Morgan fingerprint density at radius 2 is 2.32 bits per heavy atom. The maximum Gasteiger partial charge on any atom is 0.229 e. The number of hydrogen-bond acceptors (Lipinski definition) is 7. The number of nitrogens with two attached hydrogens (primary N) is 1. The van der Waals surface area contributed by atoms with Crippen molar-refractivity contribution in [3.05, 3.63) is 71.4 Å². The number of nitrogens with one attached hydrogen (secondary N) is 3. The maximum atomic E-state index is 12.4. The van der Waals surface area contributed by atoms with Crippen LogP contribution in [0.3, 0.4) is 0 Å². The summed E-state index contributed by atoms with van der Waals surface area (Å²) in [6.07, 6.45) is 9.85. The van der Waals surface area contributed by atoms with Crippen molar-refractivity contribution in [3.63, 3.8) is 0 Å². The summed E-state index contributed by atoms with van der Waals surface area (Å²) in [5.74, 6) is 0.264. The fraction of sp³-hybridized carbons (Fsp3) is 0.273. The maximum absolute atomic E-state index is 12.4. The van der Waals surface area contributed by atoms with E-state index >= 15 is 0 Å². The highest BCUT2D eigenvalue weighted by Crippen LogP contribution is 2.23. The first-order chi connectivity index (χ1) is 15.0. The predicted octanol–water partition coefficient (Wildman–Crippen LogP) is 2.70. The van der Waals surface area contributed by atoms with Crippen LogP contribution in [0.4, 0.5) is 5.82 Å². The molecule has 31 heavy (non-hydrogen) atoms. The minimum absolute atomic E-state index is 0.0652. The van der Waals surface area contributed by atoms with Crippen LogP contribution in [-0.2, 0) is 11.3 Å². The number of amides is 1. The lowest BCUT2D eigenvalue weighted by atomic mass is 9.99. The molecule has 0 aliphatic carbocycles. The fourth-order valence-corrected chi connectivity index (χ4v) is 3.29. The van der Waals surface area contributed by atoms with E-state index in [4.69, 9.17) is 17.3 Å². The van der Waals surface area contributed by atoms with Gasteiger partial charge in [0.1, 0.15) is 5.82 Å². The van der Waals surface area contributed by atoms with Crippen LogP contribution < -0.4 is 21.7 Å². The third-order valence-electron chi connectivity index (χ3n) is 4.77. The molecule has 0 unspecified atom stereocenters. The molecule has 2 aromatic heterocycles. The van der Waals surface area contributed by atoms with Gasteiger partial charge >= 0.3 is 0 Å². The number of anilines is 1. The number of halogens is 1. The molecule has 1 fully saturated rings. The summed E-state index contributed by atoms with van der Waals surface area (Å²) in [6, 6.07) is 5.49. The Kier molecular flexibility index (Phi) is 8.14. The van der Waals surface area contributed by atoms with Crippen molar-refractivity contribution < 1.29 is 4.79 Å². The first-order valence-electron chi connectivity index (χ1n) is 10.0. The Morgan fingerprint density at radius 3 is 3.06 bits per heavy atom. The van der Waals surface area contributed by atoms with E-state index < -0.39 is 0 Å². The zero-order valence-corrected chi connectivity index (χ0v) is 17.9. The monoisotopic (exact) mass is 439 g/mol. The van der Waals surface area contributed by atoms with E-state index in [1.165, 1.54) is 12.4 Å². The Labute approximate surface area is 186 Å². The molecule has 2 aromatic rings. The molecule has 162 valence electrons. The molecule has 1 aliphatic rings. The topological polar surface area (TPSA) is 117 Å². The molecule has 3 heterocycles. The smallest absolute Gasteiger partial charge is 0.229 e. The van der Waals surface area contributed by atoms with Crippen LogP contribution in [-0.4, -0.2) is 35.2 Å². The van der Waals surface area contributed by atoms with Gasteiger partial charge < -0.3 is 21.7 Å². The van der Waals surface area contributed by atoms with Gasteiger partial charge in [0.25, 0.3) is 0 Å². The Bertz CT molecular complexity index is 969. The van der Waals surface area contributed by atoms with E-state index in [0.717, 1.165) is 24.9 Å². The predicted molar refractivity (Wildman–Crippen MR) is 124 cm³/mol. The molecule has 0 bridgehead atoms. The van der Waals surface area contributed by atoms with Crippen LogP contribution >= 0.6 is 11.6 Å². The first-order valence-corrected chi connectivity index (χ1v) is 10.4. The van der Waals surface area contributed by atoms with Gasteiger partial charge in [-0.3, -0.25) is 14.8 Å². The first kappa shape index (κ1) is 22.5. The Balaban J connectivity index is 1.59. The van der Waals surface area contributed by atoms with Gasteiger partial charge in [0.15, 0.2) is 0 Å². The molecular formula is C22H26ClN7O.